The number of rotatable bonds is 7. The molecule has 3 aromatic rings. The Kier molecular flexibility index (Phi) is 6.44. The molecule has 0 aliphatic rings. The smallest absolute Gasteiger partial charge is 0.488 e. The minimum atomic E-state index is -5.16. The first-order chi connectivity index (χ1) is 14.6. The number of benzene rings is 2. The molecule has 0 radical (unpaired) electrons. The predicted molar refractivity (Wildman–Crippen MR) is 105 cm³/mol. The summed E-state index contributed by atoms with van der Waals surface area (Å²) < 4.78 is 71.8. The fourth-order valence-electron chi connectivity index (χ4n) is 2.63. The van der Waals surface area contributed by atoms with E-state index in [1.54, 1.807) is 0 Å². The van der Waals surface area contributed by atoms with Crippen LogP contribution in [0.15, 0.2) is 54.7 Å². The van der Waals surface area contributed by atoms with Crippen molar-refractivity contribution in [3.8, 4) is 22.6 Å². The van der Waals surface area contributed by atoms with Crippen molar-refractivity contribution in [1.29, 1.82) is 0 Å². The Morgan fingerprint density at radius 1 is 1.00 bits per heavy atom. The summed E-state index contributed by atoms with van der Waals surface area (Å²) in [4.78, 5) is 15.1. The molecule has 162 valence electrons. The van der Waals surface area contributed by atoms with Gasteiger partial charge in [-0.3, -0.25) is 4.79 Å². The maximum atomic E-state index is 14.5. The molecule has 1 N–H and O–H groups in total. The van der Waals surface area contributed by atoms with Gasteiger partial charge in [-0.15, -0.1) is 0 Å². The van der Waals surface area contributed by atoms with Gasteiger partial charge >= 0.3 is 10.5 Å². The molecule has 0 fully saturated rings. The second-order valence-corrected chi connectivity index (χ2v) is 7.22. The second-order valence-electron chi connectivity index (χ2n) is 6.27. The van der Waals surface area contributed by atoms with E-state index in [0.29, 0.717) is 5.56 Å². The van der Waals surface area contributed by atoms with Crippen LogP contribution in [-0.2, 0) is 21.9 Å². The lowest BCUT2D eigenvalue weighted by molar-refractivity contribution is -0.114. The summed E-state index contributed by atoms with van der Waals surface area (Å²) in [6, 6.07) is 10.0. The average Bonchev–Trinajstić information content (AvgIpc) is 2.67. The predicted octanol–water partition coefficient (Wildman–Crippen LogP) is 4.16. The van der Waals surface area contributed by atoms with E-state index < -0.39 is 28.7 Å². The highest BCUT2D eigenvalue weighted by molar-refractivity contribution is 7.81. The number of carbonyl (C=O) groups is 1. The van der Waals surface area contributed by atoms with E-state index in [1.807, 2.05) is 0 Å². The molecule has 2 aromatic carbocycles. The molecule has 11 heteroatoms. The highest BCUT2D eigenvalue weighted by Crippen LogP contribution is 2.27. The molecule has 0 saturated heterocycles. The normalized spacial score (nSPS) is 11.1. The number of aromatic nitrogens is 1. The van der Waals surface area contributed by atoms with E-state index in [1.165, 1.54) is 37.4 Å². The number of carbonyl (C=O) groups excluding carboxylic acids is 1. The molecule has 0 saturated carbocycles. The Bertz CT molecular complexity index is 1190. The molecule has 1 heterocycles. The van der Waals surface area contributed by atoms with Gasteiger partial charge in [0.05, 0.1) is 5.56 Å². The van der Waals surface area contributed by atoms with Crippen molar-refractivity contribution in [3.63, 3.8) is 0 Å². The second kappa shape index (κ2) is 9.04. The molecule has 0 aliphatic heterocycles. The summed E-state index contributed by atoms with van der Waals surface area (Å²) in [5.41, 5.74) is 0.357. The van der Waals surface area contributed by atoms with E-state index in [2.05, 4.69) is 14.5 Å². The summed E-state index contributed by atoms with van der Waals surface area (Å²) in [5, 5.41) is 2.49. The zero-order valence-electron chi connectivity index (χ0n) is 15.9. The van der Waals surface area contributed by atoms with Gasteiger partial charge in [0.2, 0.25) is 5.91 Å². The Labute approximate surface area is 175 Å². The van der Waals surface area contributed by atoms with E-state index >= 15 is 0 Å². The van der Waals surface area contributed by atoms with Crippen molar-refractivity contribution < 1.29 is 34.8 Å². The van der Waals surface area contributed by atoms with Gasteiger partial charge < -0.3 is 14.2 Å². The van der Waals surface area contributed by atoms with Crippen molar-refractivity contribution in [3.05, 3.63) is 71.9 Å². The topological polar surface area (TPSA) is 94.6 Å². The lowest BCUT2D eigenvalue weighted by atomic mass is 10.0. The van der Waals surface area contributed by atoms with Gasteiger partial charge in [-0.05, 0) is 59.7 Å². The van der Waals surface area contributed by atoms with Crippen molar-refractivity contribution in [2.24, 2.45) is 0 Å². The largest absolute Gasteiger partial charge is 0.489 e. The molecule has 31 heavy (non-hydrogen) atoms. The van der Waals surface area contributed by atoms with Gasteiger partial charge in [-0.25, -0.2) is 13.8 Å². The average molecular weight is 452 g/mol. The summed E-state index contributed by atoms with van der Waals surface area (Å²) in [5.74, 6) is -1.92. The molecule has 0 bridgehead atoms. The van der Waals surface area contributed by atoms with E-state index in [9.17, 15) is 25.9 Å². The number of pyridine rings is 1. The van der Waals surface area contributed by atoms with Crippen LogP contribution in [0.1, 0.15) is 12.5 Å². The first-order valence-corrected chi connectivity index (χ1v) is 10.0. The van der Waals surface area contributed by atoms with Crippen molar-refractivity contribution in [2.45, 2.75) is 13.5 Å². The minimum absolute atomic E-state index is 0.153. The van der Waals surface area contributed by atoms with Crippen molar-refractivity contribution in [2.75, 3.05) is 5.32 Å². The molecule has 0 spiro atoms. The third-order valence-corrected chi connectivity index (χ3v) is 4.33. The molecule has 1 aromatic heterocycles. The fraction of sp³-hybridized carbons (Fsp3) is 0.100. The monoisotopic (exact) mass is 452 g/mol. The molecule has 0 atom stereocenters. The summed E-state index contributed by atoms with van der Waals surface area (Å²) in [6.45, 7) is 0.860. The molecular weight excluding hydrogens is 437 g/mol. The summed E-state index contributed by atoms with van der Waals surface area (Å²) in [7, 11) is -5.16. The highest BCUT2D eigenvalue weighted by atomic mass is 32.3. The standard InChI is InChI=1S/C20H15F3N2O5S/c1-12(26)25-20-10-13(6-7-24-20)14-8-18(21)17(19(22)9-14)11-29-15-2-4-16(5-3-15)30-31(23,27)28/h2-10H,11H2,1H3,(H,24,25,26). The first-order valence-electron chi connectivity index (χ1n) is 8.69. The van der Waals surface area contributed by atoms with Gasteiger partial charge in [0.25, 0.3) is 0 Å². The Balaban J connectivity index is 1.75. The van der Waals surface area contributed by atoms with Gasteiger partial charge in [-0.1, -0.05) is 3.89 Å². The SMILES string of the molecule is CC(=O)Nc1cc(-c2cc(F)c(COc3ccc(OS(=O)(=O)F)cc3)c(F)c2)ccn1. The number of ether oxygens (including phenoxy) is 1. The Morgan fingerprint density at radius 3 is 2.19 bits per heavy atom. The Hall–Kier alpha value is -3.60. The maximum absolute atomic E-state index is 14.5. The maximum Gasteiger partial charge on any atom is 0.488 e. The molecular formula is C20H15F3N2O5S. The van der Waals surface area contributed by atoms with E-state index in [4.69, 9.17) is 4.74 Å². The summed E-state index contributed by atoms with van der Waals surface area (Å²) >= 11 is 0. The lowest BCUT2D eigenvalue weighted by Gasteiger charge is -2.11. The van der Waals surface area contributed by atoms with Gasteiger partial charge in [0.15, 0.2) is 0 Å². The van der Waals surface area contributed by atoms with Crippen LogP contribution >= 0.6 is 0 Å². The molecule has 0 aliphatic carbocycles. The fourth-order valence-corrected chi connectivity index (χ4v) is 2.97. The molecule has 0 unspecified atom stereocenters. The Morgan fingerprint density at radius 2 is 1.61 bits per heavy atom. The lowest BCUT2D eigenvalue weighted by Crippen LogP contribution is -2.07. The number of halogens is 3. The number of hydrogen-bond acceptors (Lipinski definition) is 6. The third kappa shape index (κ3) is 6.19. The zero-order chi connectivity index (χ0) is 22.6. The van der Waals surface area contributed by atoms with Gasteiger partial charge in [0.1, 0.15) is 35.6 Å². The first kappa shape index (κ1) is 22.1. The van der Waals surface area contributed by atoms with Crippen LogP contribution < -0.4 is 14.2 Å². The van der Waals surface area contributed by atoms with E-state index in [0.717, 1.165) is 24.3 Å². The minimum Gasteiger partial charge on any atom is -0.489 e. The quantitative estimate of drug-likeness (QED) is 0.541. The molecule has 3 rings (SSSR count). The van der Waals surface area contributed by atoms with Crippen molar-refractivity contribution >= 4 is 22.2 Å². The van der Waals surface area contributed by atoms with Crippen LogP contribution in [0.25, 0.3) is 11.1 Å². The van der Waals surface area contributed by atoms with E-state index in [-0.39, 0.29) is 34.4 Å². The van der Waals surface area contributed by atoms with Crippen LogP contribution in [0.2, 0.25) is 0 Å². The number of hydrogen-bond donors (Lipinski definition) is 1. The zero-order valence-corrected chi connectivity index (χ0v) is 16.8. The van der Waals surface area contributed by atoms with Gasteiger partial charge in [0, 0.05) is 13.1 Å². The number of anilines is 1. The van der Waals surface area contributed by atoms with Crippen LogP contribution in [0.4, 0.5) is 18.5 Å². The van der Waals surface area contributed by atoms with Crippen molar-refractivity contribution in [1.82, 2.24) is 4.98 Å². The molecule has 1 amide bonds. The highest BCUT2D eigenvalue weighted by Gasteiger charge is 2.14. The number of amides is 1. The number of nitrogens with one attached hydrogen (secondary N) is 1. The van der Waals surface area contributed by atoms with Crippen LogP contribution in [0.5, 0.6) is 11.5 Å². The van der Waals surface area contributed by atoms with Crippen LogP contribution in [0, 0.1) is 11.6 Å². The summed E-state index contributed by atoms with van der Waals surface area (Å²) in [6.07, 6.45) is 1.40. The molecule has 7 nitrogen and oxygen atoms in total. The van der Waals surface area contributed by atoms with Crippen LogP contribution in [-0.4, -0.2) is 19.3 Å². The van der Waals surface area contributed by atoms with Crippen LogP contribution in [0.3, 0.4) is 0 Å². The van der Waals surface area contributed by atoms with Gasteiger partial charge in [-0.2, -0.15) is 8.42 Å². The third-order valence-electron chi connectivity index (χ3n) is 3.94. The number of nitrogens with zero attached hydrogens (tertiary/aromatic N) is 1.